The Labute approximate surface area is 673 Å². The summed E-state index contributed by atoms with van der Waals surface area (Å²) >= 11 is 0. The van der Waals surface area contributed by atoms with Gasteiger partial charge in [-0.3, -0.25) is 43.6 Å². The van der Waals surface area contributed by atoms with E-state index in [9.17, 15) is 63.1 Å². The van der Waals surface area contributed by atoms with Crippen molar-refractivity contribution in [3.63, 3.8) is 0 Å². The van der Waals surface area contributed by atoms with Crippen molar-refractivity contribution < 1.29 is 89.0 Å². The largest absolute Gasteiger partial charge is 0.475 e. The van der Waals surface area contributed by atoms with Gasteiger partial charge in [-0.1, -0.05) is 172 Å². The first-order chi connectivity index (χ1) is 52.2. The molecule has 9 rings (SSSR count). The lowest BCUT2D eigenvalue weighted by Gasteiger charge is -2.43. The molecule has 0 aromatic carbocycles. The van der Waals surface area contributed by atoms with Gasteiger partial charge in [-0.05, 0) is 215 Å². The van der Waals surface area contributed by atoms with Crippen LogP contribution in [0, 0.1) is 136 Å². The third-order valence-corrected chi connectivity index (χ3v) is 24.6. The van der Waals surface area contributed by atoms with E-state index in [0.29, 0.717) is 131 Å². The second-order valence-electron chi connectivity index (χ2n) is 38.3. The molecule has 4 unspecified atom stereocenters. The van der Waals surface area contributed by atoms with Gasteiger partial charge < -0.3 is 24.9 Å². The van der Waals surface area contributed by atoms with Crippen molar-refractivity contribution in [3.05, 3.63) is 71.4 Å². The average molecular weight is 1560 g/mol. The summed E-state index contributed by atoms with van der Waals surface area (Å²) in [6.07, 6.45) is 41.7. The Kier molecular flexibility index (Phi) is 38.5. The van der Waals surface area contributed by atoms with E-state index in [1.807, 2.05) is 19.3 Å². The van der Waals surface area contributed by atoms with Crippen molar-refractivity contribution in [1.82, 2.24) is 5.48 Å². The van der Waals surface area contributed by atoms with Gasteiger partial charge in [0, 0.05) is 86.9 Å². The van der Waals surface area contributed by atoms with Crippen molar-refractivity contribution in [2.75, 3.05) is 0 Å². The smallest absolute Gasteiger partial charge is 0.382 e. The van der Waals surface area contributed by atoms with Crippen LogP contribution in [-0.4, -0.2) is 126 Å². The summed E-state index contributed by atoms with van der Waals surface area (Å²) in [6.45, 7) is 46.0. The standard InChI is InChI=1S/C27H40NO5.C27H40O4.C21H32O2.C6H10O3.C5H11NO2.C5H10O.C2H2/c1-16-11-19(15-21(29)13-16)8-10-22-18(3)7-9-20-12-17(2)14-23(24(20)22)33-26(31)25(30)27(4,5)28(6)32;1-16-11-19(15-21(28)13-16)8-10-22-18(3)7-9-20-12-17(2)14-23(24(20)22)31-26(30)25(29)27(4,5)6;1-13-8-16(12-18(22)10-13)5-7-19-15(3)4-6-17-9-14(2)11-20(23)21(17)19;1-6(2,3)4(7)5(8)9;1-4(7)5(2,3)6-8;1-4(2)5(3)6;1-2/h7,9,12,16-19,22-24,32H,6,8,10-11,13-15H2,1-5H3;7,9,12,16-19,22-24H,8,10-11,13-15H2,1-6H3;4,6,9,13-16,19-21,23H,5,7-8,10-12H2,1-3H3;1-3H3,(H,8,9);6,8H,1-3H3;4H,1-3H3;1-2H/q+1;;;;;;/t16-,17+,18+,19-,22?,23+,24+;16-,17+,18+,19-,22?,23+,24?;13-,14+,15+,16-,19?,20+,21+;;;;/m111..../s1/i;;;;;;1D. The zero-order valence-electron chi connectivity index (χ0n) is 73.5. The quantitative estimate of drug-likeness (QED) is 0.0153. The third kappa shape index (κ3) is 30.4. The van der Waals surface area contributed by atoms with Gasteiger partial charge in [0.25, 0.3) is 5.54 Å². The van der Waals surface area contributed by atoms with Gasteiger partial charge in [0.2, 0.25) is 11.6 Å². The number of terminal acetylenes is 1. The number of aliphatic hydroxyl groups excluding tert-OH is 1. The van der Waals surface area contributed by atoms with E-state index < -0.39 is 63.3 Å². The maximum Gasteiger partial charge on any atom is 0.382 e. The number of esters is 2. The molecule has 3 fully saturated rings. The first-order valence-electron chi connectivity index (χ1n) is 42.0. The number of aliphatic carboxylic acids is 1. The maximum atomic E-state index is 12.8. The van der Waals surface area contributed by atoms with E-state index in [1.165, 1.54) is 50.3 Å². The van der Waals surface area contributed by atoms with Crippen LogP contribution in [-0.2, 0) is 62.2 Å². The van der Waals surface area contributed by atoms with Crippen molar-refractivity contribution in [2.24, 2.45) is 123 Å². The van der Waals surface area contributed by atoms with Gasteiger partial charge in [0.1, 0.15) is 36.7 Å². The van der Waals surface area contributed by atoms with Crippen LogP contribution >= 0.6 is 0 Å². The molecule has 9 aliphatic carbocycles. The molecular weight excluding hydrogens is 1420 g/mol. The highest BCUT2D eigenvalue weighted by atomic mass is 16.6. The molecule has 0 radical (unpaired) electrons. The SMILES string of the molecule is C=[N+](O)C(C)(C)C(=O)C(=O)O[C@H]1C[C@@H](C)C=C2C=C[C@H](C)C(CC[C@H]3CC(=O)C[C@H](C)C3)[C@H]21.CC(=O)C(C)(C)NO.CC(=O)C(C)C.CC(C)(C)C(=O)C(=O)O.C[C@H]1CC(=O)C[C@H](CCC2C3C(=C[C@H](C)C[C@@H]3OC(=O)C(=O)C(C)(C)C)C=C[C@@H]2C)C1.C[C@H]1CC(=O)C[C@H](CCC2[C@@H](C)C=CC3=C[C@H](C)C[C@H](O)[C@@H]32)C1.[2H]C#C. The van der Waals surface area contributed by atoms with Crippen molar-refractivity contribution in [3.8, 4) is 12.8 Å². The highest BCUT2D eigenvalue weighted by Gasteiger charge is 2.49. The topological polar surface area (TPSA) is 302 Å². The van der Waals surface area contributed by atoms with Crippen LogP contribution in [0.3, 0.4) is 0 Å². The lowest BCUT2D eigenvalue weighted by atomic mass is 9.64. The highest BCUT2D eigenvalue weighted by Crippen LogP contribution is 2.49. The van der Waals surface area contributed by atoms with Crippen LogP contribution in [0.1, 0.15) is 276 Å². The number of aliphatic hydroxyl groups is 1. The number of hydrogen-bond acceptors (Lipinski definition) is 17. The van der Waals surface area contributed by atoms with Crippen molar-refractivity contribution >= 4 is 70.9 Å². The van der Waals surface area contributed by atoms with Gasteiger partial charge in [-0.15, -0.1) is 12.8 Å². The zero-order chi connectivity index (χ0) is 86.3. The highest BCUT2D eigenvalue weighted by molar-refractivity contribution is 6.37. The summed E-state index contributed by atoms with van der Waals surface area (Å²) in [5, 5.41) is 36.8. The van der Waals surface area contributed by atoms with Crippen LogP contribution in [0.2, 0.25) is 0 Å². The molecule has 3 saturated carbocycles. The second kappa shape index (κ2) is 44.3. The van der Waals surface area contributed by atoms with Crippen LogP contribution in [0.15, 0.2) is 71.4 Å². The average Bonchev–Trinajstić information content (AvgIpc) is 0.781. The predicted molar refractivity (Wildman–Crippen MR) is 439 cm³/mol. The molecule has 0 spiro atoms. The molecule has 628 valence electrons. The number of carbonyl (C=O) groups excluding carboxylic acids is 10. The molecule has 21 atom stereocenters. The minimum atomic E-state index is -1.46. The number of carboxylic acids is 1. The van der Waals surface area contributed by atoms with Crippen LogP contribution in [0.25, 0.3) is 0 Å². The van der Waals surface area contributed by atoms with Gasteiger partial charge >= 0.3 is 23.7 Å². The molecule has 0 bridgehead atoms. The number of hydrogen-bond donors (Lipinski definition) is 5. The van der Waals surface area contributed by atoms with Gasteiger partial charge in [-0.25, -0.2) is 14.4 Å². The summed E-state index contributed by atoms with van der Waals surface area (Å²) in [5.41, 5.74) is 1.92. The fraction of sp³-hybridized carbons (Fsp3) is 0.720. The summed E-state index contributed by atoms with van der Waals surface area (Å²) < 4.78 is 18.0. The Hall–Kier alpha value is -6.88. The zero-order valence-corrected chi connectivity index (χ0v) is 72.5. The number of carboxylic acid groups (broad SMARTS) is 1. The number of carbonyl (C=O) groups is 11. The number of hydroxylamine groups is 2. The Bertz CT molecular complexity index is 3550. The third-order valence-electron chi connectivity index (χ3n) is 24.6. The number of Topliss-reactive ketones (excluding diaryl/α,β-unsaturated/α-hetero) is 8. The van der Waals surface area contributed by atoms with E-state index in [4.69, 9.17) is 21.2 Å². The summed E-state index contributed by atoms with van der Waals surface area (Å²) in [5.74, 6) is 3.46. The molecule has 0 aromatic heterocycles. The first-order valence-corrected chi connectivity index (χ1v) is 41.5. The number of allylic oxidation sites excluding steroid dienone is 9. The predicted octanol–water partition coefficient (Wildman–Crippen LogP) is 17.3. The molecule has 19 heteroatoms. The fourth-order valence-electron chi connectivity index (χ4n) is 17.6. The molecular formula is C93H145N2O17+. The van der Waals surface area contributed by atoms with E-state index in [0.717, 1.165) is 83.5 Å². The van der Waals surface area contributed by atoms with Crippen LogP contribution < -0.4 is 5.48 Å². The number of nitrogens with zero attached hydrogens (tertiary/aromatic N) is 1. The normalized spacial score (nSPS) is 31.3. The molecule has 0 heterocycles. The monoisotopic (exact) mass is 1560 g/mol. The molecule has 9 aliphatic rings. The Morgan fingerprint density at radius 3 is 1.09 bits per heavy atom. The number of rotatable bonds is 19. The number of nitrogens with one attached hydrogen (secondary N) is 1. The number of fused-ring (bicyclic) bond motifs is 3. The summed E-state index contributed by atoms with van der Waals surface area (Å²) in [7, 11) is 0. The fourth-order valence-corrected chi connectivity index (χ4v) is 17.6. The van der Waals surface area contributed by atoms with Crippen LogP contribution in [0.4, 0.5) is 0 Å². The molecule has 0 aromatic rings. The molecule has 0 aliphatic heterocycles. The lowest BCUT2D eigenvalue weighted by Crippen LogP contribution is -2.49. The lowest BCUT2D eigenvalue weighted by molar-refractivity contribution is -0.805. The Morgan fingerprint density at radius 1 is 0.527 bits per heavy atom. The van der Waals surface area contributed by atoms with E-state index in [1.54, 1.807) is 62.3 Å². The minimum absolute atomic E-state index is 0.0303. The van der Waals surface area contributed by atoms with Gasteiger partial charge in [0.15, 0.2) is 12.5 Å². The van der Waals surface area contributed by atoms with Gasteiger partial charge in [-0.2, -0.15) is 5.48 Å². The second-order valence-corrected chi connectivity index (χ2v) is 38.3. The molecule has 0 saturated heterocycles. The summed E-state index contributed by atoms with van der Waals surface area (Å²) in [6, 6.07) is 0. The van der Waals surface area contributed by atoms with E-state index in [2.05, 4.69) is 130 Å². The molecule has 19 nitrogen and oxygen atoms in total. The minimum Gasteiger partial charge on any atom is -0.475 e. The van der Waals surface area contributed by atoms with Crippen molar-refractivity contribution in [2.45, 2.75) is 304 Å². The molecule has 112 heavy (non-hydrogen) atoms. The number of ketones is 8. The van der Waals surface area contributed by atoms with Crippen molar-refractivity contribution in [1.29, 1.82) is 0 Å². The van der Waals surface area contributed by atoms with E-state index >= 15 is 0 Å². The van der Waals surface area contributed by atoms with Crippen LogP contribution in [0.5, 0.6) is 0 Å². The first kappa shape index (κ1) is 97.5. The summed E-state index contributed by atoms with van der Waals surface area (Å²) in [4.78, 5) is 128. The van der Waals surface area contributed by atoms with E-state index in [-0.39, 0.29) is 53.4 Å². The van der Waals surface area contributed by atoms with Gasteiger partial charge in [0.05, 0.1) is 11.6 Å². The number of ether oxygens (including phenoxy) is 2. The Morgan fingerprint density at radius 2 is 0.830 bits per heavy atom. The molecule has 5 N–H and O–H groups in total. The molecule has 0 amide bonds. The maximum absolute atomic E-state index is 12.8. The Balaban J connectivity index is 0.000000381.